The van der Waals surface area contributed by atoms with Crippen LogP contribution in [0.15, 0.2) is 0 Å². The molecule has 0 aromatic carbocycles. The zero-order valence-corrected chi connectivity index (χ0v) is 11.0. The second-order valence-corrected chi connectivity index (χ2v) is 7.06. The number of thioether (sulfide) groups is 2. The summed E-state index contributed by atoms with van der Waals surface area (Å²) in [5.74, 6) is 0.445. The molecule has 1 saturated heterocycles. The quantitative estimate of drug-likeness (QED) is 0.559. The first-order valence-electron chi connectivity index (χ1n) is 4.54. The molecular weight excluding hydrogens is 240 g/mol. The fourth-order valence-electron chi connectivity index (χ4n) is 1.26. The standard InChI is InChI=1S/C9H15ClO2S2/c1-6-7(2)14-9(3,5-13-6)12-8(11)4-10/h6-7H,4-5H2,1-3H3. The van der Waals surface area contributed by atoms with Crippen LogP contribution in [0, 0.1) is 0 Å². The van der Waals surface area contributed by atoms with Gasteiger partial charge in [-0.15, -0.1) is 23.4 Å². The summed E-state index contributed by atoms with van der Waals surface area (Å²) in [5.41, 5.74) is 0. The molecule has 0 aliphatic carbocycles. The Morgan fingerprint density at radius 2 is 2.21 bits per heavy atom. The van der Waals surface area contributed by atoms with E-state index in [0.29, 0.717) is 10.5 Å². The average molecular weight is 255 g/mol. The van der Waals surface area contributed by atoms with Crippen LogP contribution < -0.4 is 0 Å². The van der Waals surface area contributed by atoms with Gasteiger partial charge in [0, 0.05) is 16.3 Å². The van der Waals surface area contributed by atoms with Crippen molar-refractivity contribution < 1.29 is 9.53 Å². The molecule has 1 aliphatic heterocycles. The van der Waals surface area contributed by atoms with E-state index >= 15 is 0 Å². The van der Waals surface area contributed by atoms with Crippen molar-refractivity contribution in [3.05, 3.63) is 0 Å². The van der Waals surface area contributed by atoms with Crippen LogP contribution in [0.1, 0.15) is 20.8 Å². The Labute approximate surface area is 98.5 Å². The van der Waals surface area contributed by atoms with Crippen LogP contribution in [0.5, 0.6) is 0 Å². The SMILES string of the molecule is CC1SCC(C)(OC(=O)CCl)SC1C. The molecule has 1 heterocycles. The van der Waals surface area contributed by atoms with Gasteiger partial charge < -0.3 is 4.74 Å². The van der Waals surface area contributed by atoms with Gasteiger partial charge >= 0.3 is 5.97 Å². The summed E-state index contributed by atoms with van der Waals surface area (Å²) in [4.78, 5) is 10.7. The molecule has 3 unspecified atom stereocenters. The maximum atomic E-state index is 11.1. The Morgan fingerprint density at radius 3 is 2.71 bits per heavy atom. The lowest BCUT2D eigenvalue weighted by Crippen LogP contribution is -2.39. The fourth-order valence-corrected chi connectivity index (χ4v) is 4.21. The molecule has 0 spiro atoms. The van der Waals surface area contributed by atoms with Crippen LogP contribution >= 0.6 is 35.1 Å². The zero-order valence-electron chi connectivity index (χ0n) is 8.58. The minimum atomic E-state index is -0.400. The van der Waals surface area contributed by atoms with Crippen molar-refractivity contribution in [3.8, 4) is 0 Å². The van der Waals surface area contributed by atoms with E-state index in [9.17, 15) is 4.79 Å². The van der Waals surface area contributed by atoms with Gasteiger partial charge in [-0.25, -0.2) is 0 Å². The first-order valence-corrected chi connectivity index (χ1v) is 7.00. The van der Waals surface area contributed by atoms with Crippen molar-refractivity contribution in [1.29, 1.82) is 0 Å². The van der Waals surface area contributed by atoms with Gasteiger partial charge in [0.05, 0.1) is 0 Å². The normalized spacial score (nSPS) is 38.0. The number of rotatable bonds is 2. The highest BCUT2D eigenvalue weighted by Gasteiger charge is 2.38. The second-order valence-electron chi connectivity index (χ2n) is 3.58. The molecule has 3 atom stereocenters. The third kappa shape index (κ3) is 3.24. The van der Waals surface area contributed by atoms with Crippen molar-refractivity contribution in [3.63, 3.8) is 0 Å². The molecule has 0 N–H and O–H groups in total. The van der Waals surface area contributed by atoms with Gasteiger partial charge in [0.2, 0.25) is 0 Å². The van der Waals surface area contributed by atoms with Crippen LogP contribution in [0.2, 0.25) is 0 Å². The minimum absolute atomic E-state index is 0.0647. The van der Waals surface area contributed by atoms with Crippen molar-refractivity contribution in [2.45, 2.75) is 36.2 Å². The molecule has 1 rings (SSSR count). The monoisotopic (exact) mass is 254 g/mol. The van der Waals surface area contributed by atoms with E-state index < -0.39 is 4.93 Å². The lowest BCUT2D eigenvalue weighted by molar-refractivity contribution is -0.146. The van der Waals surface area contributed by atoms with Gasteiger partial charge in [-0.1, -0.05) is 13.8 Å². The molecule has 1 fully saturated rings. The third-order valence-electron chi connectivity index (χ3n) is 2.14. The first-order chi connectivity index (χ1) is 6.47. The summed E-state index contributed by atoms with van der Waals surface area (Å²) in [6, 6.07) is 0. The fraction of sp³-hybridized carbons (Fsp3) is 0.889. The van der Waals surface area contributed by atoms with Gasteiger partial charge in [-0.2, -0.15) is 11.8 Å². The Bertz CT molecular complexity index is 225. The van der Waals surface area contributed by atoms with E-state index in [1.165, 1.54) is 0 Å². The first kappa shape index (κ1) is 12.5. The molecule has 5 heteroatoms. The molecule has 0 bridgehead atoms. The van der Waals surface area contributed by atoms with Crippen molar-refractivity contribution >= 4 is 41.1 Å². The lowest BCUT2D eigenvalue weighted by Gasteiger charge is -2.38. The largest absolute Gasteiger partial charge is 0.446 e. The number of hydrogen-bond donors (Lipinski definition) is 0. The van der Waals surface area contributed by atoms with Gasteiger partial charge in [0.1, 0.15) is 5.88 Å². The summed E-state index contributed by atoms with van der Waals surface area (Å²) in [5, 5.41) is 1.12. The van der Waals surface area contributed by atoms with E-state index in [0.717, 1.165) is 5.75 Å². The van der Waals surface area contributed by atoms with Crippen molar-refractivity contribution in [2.75, 3.05) is 11.6 Å². The van der Waals surface area contributed by atoms with Gasteiger partial charge in [-0.05, 0) is 6.92 Å². The highest BCUT2D eigenvalue weighted by molar-refractivity contribution is 8.07. The third-order valence-corrected chi connectivity index (χ3v) is 5.87. The molecule has 0 amide bonds. The molecule has 1 aliphatic rings. The second kappa shape index (κ2) is 4.99. The van der Waals surface area contributed by atoms with E-state index in [4.69, 9.17) is 16.3 Å². The molecule has 0 radical (unpaired) electrons. The lowest BCUT2D eigenvalue weighted by atomic mass is 10.3. The zero-order chi connectivity index (χ0) is 10.8. The molecule has 0 saturated carbocycles. The van der Waals surface area contributed by atoms with Gasteiger partial charge in [0.15, 0.2) is 4.93 Å². The maximum Gasteiger partial charge on any atom is 0.322 e. The average Bonchev–Trinajstić information content (AvgIpc) is 2.12. The number of halogens is 1. The number of ether oxygens (including phenoxy) is 1. The van der Waals surface area contributed by atoms with Crippen LogP contribution in [0.25, 0.3) is 0 Å². The van der Waals surface area contributed by atoms with Crippen molar-refractivity contribution in [1.82, 2.24) is 0 Å². The van der Waals surface area contributed by atoms with Crippen LogP contribution in [-0.2, 0) is 9.53 Å². The summed E-state index contributed by atoms with van der Waals surface area (Å²) in [7, 11) is 0. The molecule has 0 aromatic heterocycles. The van der Waals surface area contributed by atoms with Crippen LogP contribution in [0.4, 0.5) is 0 Å². The summed E-state index contributed by atoms with van der Waals surface area (Å²) in [6.45, 7) is 6.32. The van der Waals surface area contributed by atoms with Gasteiger partial charge in [0.25, 0.3) is 0 Å². The Balaban J connectivity index is 2.54. The molecule has 14 heavy (non-hydrogen) atoms. The van der Waals surface area contributed by atoms with E-state index in [1.54, 1.807) is 11.8 Å². The van der Waals surface area contributed by atoms with Crippen LogP contribution in [-0.4, -0.2) is 33.0 Å². The molecule has 82 valence electrons. The topological polar surface area (TPSA) is 26.3 Å². The summed E-state index contributed by atoms with van der Waals surface area (Å²) in [6.07, 6.45) is 0. The highest BCUT2D eigenvalue weighted by atomic mass is 35.5. The predicted octanol–water partition coefficient (Wildman–Crippen LogP) is 2.74. The number of carbonyl (C=O) groups is 1. The Morgan fingerprint density at radius 1 is 1.57 bits per heavy atom. The van der Waals surface area contributed by atoms with Gasteiger partial charge in [-0.3, -0.25) is 4.79 Å². The predicted molar refractivity (Wildman–Crippen MR) is 64.2 cm³/mol. The molecule has 2 nitrogen and oxygen atoms in total. The van der Waals surface area contributed by atoms with Crippen LogP contribution in [0.3, 0.4) is 0 Å². The van der Waals surface area contributed by atoms with Crippen molar-refractivity contribution in [2.24, 2.45) is 0 Å². The Hall–Kier alpha value is 0.460. The summed E-state index contributed by atoms with van der Waals surface area (Å²) < 4.78 is 5.32. The number of carbonyl (C=O) groups excluding carboxylic acids is 1. The summed E-state index contributed by atoms with van der Waals surface area (Å²) >= 11 is 8.97. The highest BCUT2D eigenvalue weighted by Crippen LogP contribution is 2.43. The van der Waals surface area contributed by atoms with E-state index in [2.05, 4.69) is 13.8 Å². The Kier molecular flexibility index (Phi) is 4.47. The van der Waals surface area contributed by atoms with E-state index in [1.807, 2.05) is 18.7 Å². The number of hydrogen-bond acceptors (Lipinski definition) is 4. The minimum Gasteiger partial charge on any atom is -0.446 e. The molecular formula is C9H15ClO2S2. The smallest absolute Gasteiger partial charge is 0.322 e. The number of esters is 1. The number of alkyl halides is 1. The maximum absolute atomic E-state index is 11.1. The molecule has 0 aromatic rings. The van der Waals surface area contributed by atoms with E-state index in [-0.39, 0.29) is 11.8 Å².